The Morgan fingerprint density at radius 1 is 0.958 bits per heavy atom. The summed E-state index contributed by atoms with van der Waals surface area (Å²) in [7, 11) is -3.72. The quantitative estimate of drug-likeness (QED) is 0.278. The Kier molecular flexibility index (Phi) is 8.61. The molecule has 0 aliphatic rings. The van der Waals surface area contributed by atoms with E-state index in [4.69, 9.17) is 9.05 Å². The standard InChI is InChI=1S/C11H17F8O4P/c1-3-22-24(20,23-4-2)6-5-21-7-9(14,15)11(18,19)10(16,17)8(12)13/h8H,3-7H2,1-2H3. The van der Waals surface area contributed by atoms with Crippen molar-refractivity contribution in [3.8, 4) is 0 Å². The van der Waals surface area contributed by atoms with E-state index in [0.717, 1.165) is 0 Å². The van der Waals surface area contributed by atoms with Crippen LogP contribution in [0.4, 0.5) is 35.1 Å². The van der Waals surface area contributed by atoms with Crippen LogP contribution in [0.2, 0.25) is 0 Å². The average Bonchev–Trinajstić information content (AvgIpc) is 2.43. The third-order valence-corrected chi connectivity index (χ3v) is 4.63. The Bertz CT molecular complexity index is 422. The molecule has 0 saturated heterocycles. The predicted octanol–water partition coefficient (Wildman–Crippen LogP) is 4.44. The van der Waals surface area contributed by atoms with Gasteiger partial charge in [0.05, 0.1) is 26.0 Å². The smallest absolute Gasteiger partial charge is 0.374 e. The Balaban J connectivity index is 4.77. The number of hydrogen-bond acceptors (Lipinski definition) is 4. The molecule has 0 atom stereocenters. The van der Waals surface area contributed by atoms with Crippen molar-refractivity contribution in [1.82, 2.24) is 0 Å². The minimum atomic E-state index is -6.34. The second-order valence-electron chi connectivity index (χ2n) is 4.43. The summed E-state index contributed by atoms with van der Waals surface area (Å²) in [4.78, 5) is 0. The summed E-state index contributed by atoms with van der Waals surface area (Å²) < 4.78 is 127. The van der Waals surface area contributed by atoms with Gasteiger partial charge >= 0.3 is 31.8 Å². The topological polar surface area (TPSA) is 44.8 Å². The van der Waals surface area contributed by atoms with Crippen LogP contribution in [-0.2, 0) is 18.3 Å². The van der Waals surface area contributed by atoms with Gasteiger partial charge in [-0.3, -0.25) is 4.57 Å². The van der Waals surface area contributed by atoms with E-state index in [1.807, 2.05) is 0 Å². The Morgan fingerprint density at radius 2 is 1.42 bits per heavy atom. The molecule has 13 heteroatoms. The second kappa shape index (κ2) is 8.77. The first-order valence-corrected chi connectivity index (χ1v) is 8.37. The molecule has 0 fully saturated rings. The lowest BCUT2D eigenvalue weighted by Gasteiger charge is -2.32. The van der Waals surface area contributed by atoms with Crippen molar-refractivity contribution in [2.45, 2.75) is 38.0 Å². The van der Waals surface area contributed by atoms with Crippen molar-refractivity contribution in [1.29, 1.82) is 0 Å². The van der Waals surface area contributed by atoms with Gasteiger partial charge in [-0.15, -0.1) is 0 Å². The van der Waals surface area contributed by atoms with Crippen LogP contribution >= 0.6 is 7.60 Å². The predicted molar refractivity (Wildman–Crippen MR) is 67.4 cm³/mol. The van der Waals surface area contributed by atoms with E-state index in [2.05, 4.69) is 4.74 Å². The molecular weight excluding hydrogens is 379 g/mol. The van der Waals surface area contributed by atoms with Gasteiger partial charge in [0.1, 0.15) is 6.61 Å². The molecule has 24 heavy (non-hydrogen) atoms. The Morgan fingerprint density at radius 3 is 1.79 bits per heavy atom. The van der Waals surface area contributed by atoms with Gasteiger partial charge in [0.25, 0.3) is 0 Å². The molecule has 146 valence electrons. The molecule has 0 amide bonds. The summed E-state index contributed by atoms with van der Waals surface area (Å²) >= 11 is 0. The highest BCUT2D eigenvalue weighted by atomic mass is 31.2. The molecule has 0 aromatic carbocycles. The molecule has 0 aromatic heterocycles. The zero-order chi connectivity index (χ0) is 19.2. The Labute approximate surface area is 133 Å². The van der Waals surface area contributed by atoms with Gasteiger partial charge < -0.3 is 13.8 Å². The van der Waals surface area contributed by atoms with Crippen LogP contribution in [0.1, 0.15) is 13.8 Å². The summed E-state index contributed by atoms with van der Waals surface area (Å²) in [5, 5.41) is 0. The van der Waals surface area contributed by atoms with Crippen LogP contribution in [0, 0.1) is 0 Å². The van der Waals surface area contributed by atoms with Gasteiger partial charge in [-0.05, 0) is 13.8 Å². The summed E-state index contributed by atoms with van der Waals surface area (Å²) in [5.74, 6) is -18.2. The SMILES string of the molecule is CCOP(=O)(CCOCC(F)(F)C(F)(F)C(F)(F)C(F)F)OCC. The molecule has 0 bridgehead atoms. The maximum atomic E-state index is 13.2. The van der Waals surface area contributed by atoms with E-state index >= 15 is 0 Å². The van der Waals surface area contributed by atoms with Gasteiger partial charge in [0.15, 0.2) is 0 Å². The summed E-state index contributed by atoms with van der Waals surface area (Å²) in [6, 6.07) is 0. The molecule has 0 N–H and O–H groups in total. The van der Waals surface area contributed by atoms with Crippen molar-refractivity contribution in [3.63, 3.8) is 0 Å². The maximum Gasteiger partial charge on any atom is 0.380 e. The van der Waals surface area contributed by atoms with Crippen molar-refractivity contribution < 1.29 is 53.5 Å². The molecule has 0 rings (SSSR count). The van der Waals surface area contributed by atoms with Crippen LogP contribution in [0.5, 0.6) is 0 Å². The molecular formula is C11H17F8O4P. The Hall–Kier alpha value is -0.450. The molecule has 0 aromatic rings. The molecule has 0 aliphatic carbocycles. The van der Waals surface area contributed by atoms with Gasteiger partial charge in [0, 0.05) is 0 Å². The van der Waals surface area contributed by atoms with Crippen LogP contribution in [0.25, 0.3) is 0 Å². The first-order chi connectivity index (χ1) is 10.8. The summed E-state index contributed by atoms with van der Waals surface area (Å²) in [5.41, 5.74) is 0. The van der Waals surface area contributed by atoms with Crippen LogP contribution in [0.3, 0.4) is 0 Å². The minimum Gasteiger partial charge on any atom is -0.374 e. The normalized spacial score (nSPS) is 14.5. The number of alkyl halides is 8. The monoisotopic (exact) mass is 396 g/mol. The largest absolute Gasteiger partial charge is 0.380 e. The molecule has 0 heterocycles. The highest BCUT2D eigenvalue weighted by Gasteiger charge is 2.75. The van der Waals surface area contributed by atoms with Crippen molar-refractivity contribution >= 4 is 7.60 Å². The minimum absolute atomic E-state index is 0.0634. The van der Waals surface area contributed by atoms with Gasteiger partial charge in [-0.1, -0.05) is 0 Å². The van der Waals surface area contributed by atoms with E-state index in [9.17, 15) is 39.7 Å². The van der Waals surface area contributed by atoms with Gasteiger partial charge in [-0.25, -0.2) is 8.78 Å². The average molecular weight is 396 g/mol. The van der Waals surface area contributed by atoms with Crippen LogP contribution in [-0.4, -0.2) is 56.8 Å². The highest BCUT2D eigenvalue weighted by Crippen LogP contribution is 2.49. The fourth-order valence-corrected chi connectivity index (χ4v) is 2.88. The van der Waals surface area contributed by atoms with Crippen molar-refractivity contribution in [2.24, 2.45) is 0 Å². The third-order valence-electron chi connectivity index (χ3n) is 2.60. The fourth-order valence-electron chi connectivity index (χ4n) is 1.41. The molecule has 0 spiro atoms. The highest BCUT2D eigenvalue weighted by molar-refractivity contribution is 7.53. The third kappa shape index (κ3) is 5.53. The van der Waals surface area contributed by atoms with E-state index in [1.165, 1.54) is 13.8 Å². The van der Waals surface area contributed by atoms with Crippen molar-refractivity contribution in [2.75, 3.05) is 32.6 Å². The maximum absolute atomic E-state index is 13.2. The number of rotatable bonds is 12. The van der Waals surface area contributed by atoms with Gasteiger partial charge in [-0.2, -0.15) is 26.3 Å². The van der Waals surface area contributed by atoms with Gasteiger partial charge in [0.2, 0.25) is 0 Å². The molecule has 0 radical (unpaired) electrons. The second-order valence-corrected chi connectivity index (χ2v) is 6.61. The van der Waals surface area contributed by atoms with E-state index in [1.54, 1.807) is 0 Å². The van der Waals surface area contributed by atoms with E-state index in [0.29, 0.717) is 0 Å². The van der Waals surface area contributed by atoms with E-state index < -0.39 is 51.2 Å². The van der Waals surface area contributed by atoms with Crippen molar-refractivity contribution in [3.05, 3.63) is 0 Å². The summed E-state index contributed by atoms with van der Waals surface area (Å²) in [6.45, 7) is -0.358. The van der Waals surface area contributed by atoms with E-state index in [-0.39, 0.29) is 13.2 Å². The first kappa shape index (κ1) is 23.5. The lowest BCUT2D eigenvalue weighted by atomic mass is 10.1. The first-order valence-electron chi connectivity index (χ1n) is 6.65. The summed E-state index contributed by atoms with van der Waals surface area (Å²) in [6.07, 6.45) is -5.60. The molecule has 4 nitrogen and oxygen atoms in total. The van der Waals surface area contributed by atoms with Crippen LogP contribution < -0.4 is 0 Å². The van der Waals surface area contributed by atoms with Crippen LogP contribution in [0.15, 0.2) is 0 Å². The molecule has 0 saturated carbocycles. The zero-order valence-corrected chi connectivity index (χ0v) is 13.6. The lowest BCUT2D eigenvalue weighted by molar-refractivity contribution is -0.345. The number of hydrogen-bond donors (Lipinski definition) is 0. The molecule has 0 unspecified atom stereocenters. The number of halogens is 8. The lowest BCUT2D eigenvalue weighted by Crippen LogP contribution is -2.59. The molecule has 0 aliphatic heterocycles. The fraction of sp³-hybridized carbons (Fsp3) is 1.00. The zero-order valence-electron chi connectivity index (χ0n) is 12.7. The number of ether oxygens (including phenoxy) is 1.